The van der Waals surface area contributed by atoms with Gasteiger partial charge in [0, 0.05) is 5.92 Å². The first kappa shape index (κ1) is 25.3. The number of carbonyl (C=O) groups excluding carboxylic acids is 1. The van der Waals surface area contributed by atoms with Crippen molar-refractivity contribution in [2.45, 2.75) is 60.3 Å². The van der Waals surface area contributed by atoms with Gasteiger partial charge in [0.2, 0.25) is 5.91 Å². The summed E-state index contributed by atoms with van der Waals surface area (Å²) in [6.07, 6.45) is 3.12. The summed E-state index contributed by atoms with van der Waals surface area (Å²) in [6.45, 7) is 13.0. The zero-order valence-corrected chi connectivity index (χ0v) is 18.7. The molecule has 0 aliphatic heterocycles. The molecule has 0 saturated heterocycles. The van der Waals surface area contributed by atoms with Crippen molar-refractivity contribution < 1.29 is 22.2 Å². The second-order valence-corrected chi connectivity index (χ2v) is 10.8. The van der Waals surface area contributed by atoms with Crippen molar-refractivity contribution in [2.24, 2.45) is 17.3 Å². The predicted octanol–water partition coefficient (Wildman–Crippen LogP) is 2.95. The van der Waals surface area contributed by atoms with Gasteiger partial charge < -0.3 is 9.80 Å². The Bertz CT molecular complexity index is 528. The van der Waals surface area contributed by atoms with Crippen molar-refractivity contribution in [1.29, 1.82) is 0 Å². The van der Waals surface area contributed by atoms with Crippen LogP contribution >= 0.6 is 0 Å². The van der Waals surface area contributed by atoms with Crippen molar-refractivity contribution in [3.8, 4) is 0 Å². The molecule has 1 amide bonds. The second-order valence-electron chi connectivity index (χ2n) is 9.24. The minimum absolute atomic E-state index is 0.0234. The van der Waals surface area contributed by atoms with E-state index in [0.717, 1.165) is 32.4 Å². The van der Waals surface area contributed by atoms with Crippen molar-refractivity contribution >= 4 is 16.0 Å². The van der Waals surface area contributed by atoms with Crippen LogP contribution < -0.4 is 5.32 Å². The van der Waals surface area contributed by atoms with Gasteiger partial charge in [-0.15, -0.1) is 0 Å². The summed E-state index contributed by atoms with van der Waals surface area (Å²) < 4.78 is 31.0. The van der Waals surface area contributed by atoms with Gasteiger partial charge in [0.1, 0.15) is 0 Å². The molecule has 0 aliphatic rings. The molecular formula is C19H41N2O4S+. The number of rotatable bonds is 13. The number of hydrogen-bond acceptors (Lipinski definition) is 3. The molecule has 0 aromatic heterocycles. The van der Waals surface area contributed by atoms with Crippen LogP contribution in [-0.4, -0.2) is 62.8 Å². The van der Waals surface area contributed by atoms with E-state index in [2.05, 4.69) is 54.0 Å². The van der Waals surface area contributed by atoms with Gasteiger partial charge in [0.05, 0.1) is 39.5 Å². The molecule has 0 aromatic carbocycles. The van der Waals surface area contributed by atoms with Crippen molar-refractivity contribution in [2.75, 3.05) is 39.5 Å². The number of nitrogens with zero attached hydrogens (tertiary/aromatic N) is 1. The molecule has 0 heterocycles. The highest BCUT2D eigenvalue weighted by atomic mass is 32.2. The van der Waals surface area contributed by atoms with E-state index in [-0.39, 0.29) is 23.0 Å². The maximum absolute atomic E-state index is 12.6. The van der Waals surface area contributed by atoms with Crippen LogP contribution in [0.15, 0.2) is 0 Å². The Morgan fingerprint density at radius 3 is 2.19 bits per heavy atom. The summed E-state index contributed by atoms with van der Waals surface area (Å²) in [5.41, 5.74) is 0.161. The second kappa shape index (κ2) is 10.6. The van der Waals surface area contributed by atoms with Crippen LogP contribution in [0.25, 0.3) is 0 Å². The van der Waals surface area contributed by atoms with E-state index in [0.29, 0.717) is 23.4 Å². The third-order valence-electron chi connectivity index (χ3n) is 5.30. The third kappa shape index (κ3) is 11.9. The summed E-state index contributed by atoms with van der Waals surface area (Å²) in [6, 6.07) is 0. The molecule has 0 bridgehead atoms. The number of hydrogen-bond donors (Lipinski definition) is 2. The average molecular weight is 394 g/mol. The third-order valence-corrected chi connectivity index (χ3v) is 6.11. The average Bonchev–Trinajstić information content (AvgIpc) is 2.48. The van der Waals surface area contributed by atoms with E-state index in [1.165, 1.54) is 0 Å². The summed E-state index contributed by atoms with van der Waals surface area (Å²) in [4.78, 5) is 12.6. The van der Waals surface area contributed by atoms with Gasteiger partial charge in [-0.3, -0.25) is 9.35 Å². The molecule has 7 heteroatoms. The van der Waals surface area contributed by atoms with Crippen LogP contribution in [-0.2, 0) is 14.9 Å². The molecule has 0 saturated carbocycles. The lowest BCUT2D eigenvalue weighted by Crippen LogP contribution is -2.47. The van der Waals surface area contributed by atoms with Gasteiger partial charge in [0.15, 0.2) is 0 Å². The molecule has 0 fully saturated rings. The molecule has 156 valence electrons. The first-order valence-electron chi connectivity index (χ1n) is 9.74. The molecule has 1 atom stereocenters. The Labute approximate surface area is 161 Å². The maximum Gasteiger partial charge on any atom is 0.264 e. The number of nitrogens with one attached hydrogen (secondary N) is 1. The number of amides is 1. The first-order valence-corrected chi connectivity index (χ1v) is 11.3. The van der Waals surface area contributed by atoms with E-state index in [1.54, 1.807) is 0 Å². The summed E-state index contributed by atoms with van der Waals surface area (Å²) in [5.74, 6) is 0.277. The Kier molecular flexibility index (Phi) is 10.3. The molecule has 0 rings (SSSR count). The van der Waals surface area contributed by atoms with Gasteiger partial charge in [0.25, 0.3) is 10.1 Å². The molecule has 2 N–H and O–H groups in total. The van der Waals surface area contributed by atoms with Crippen LogP contribution in [0.1, 0.15) is 60.3 Å². The SMILES string of the molecule is CCC(C)(C)CC(C(=O)NCC[N+](C)(C)CCCCS(=O)(=O)O)C(C)C. The summed E-state index contributed by atoms with van der Waals surface area (Å²) in [7, 11) is 0.269. The fourth-order valence-corrected chi connectivity index (χ4v) is 3.49. The van der Waals surface area contributed by atoms with Crippen LogP contribution in [0.4, 0.5) is 0 Å². The van der Waals surface area contributed by atoms with Gasteiger partial charge in [-0.05, 0) is 30.6 Å². The molecule has 6 nitrogen and oxygen atoms in total. The largest absolute Gasteiger partial charge is 0.350 e. The Morgan fingerprint density at radius 2 is 1.73 bits per heavy atom. The standard InChI is InChI=1S/C19H40N2O4S/c1-8-19(4,5)15-17(16(2)3)18(22)20-11-13-21(6,7)12-9-10-14-26(23,24)25/h16-17H,8-15H2,1-7H3,(H-,20,22,23,24,25)/p+1. The van der Waals surface area contributed by atoms with Gasteiger partial charge in [-0.1, -0.05) is 41.0 Å². The number of quaternary nitrogens is 1. The lowest BCUT2D eigenvalue weighted by Gasteiger charge is -2.32. The Morgan fingerprint density at radius 1 is 1.15 bits per heavy atom. The van der Waals surface area contributed by atoms with E-state index in [1.807, 2.05) is 0 Å². The Hall–Kier alpha value is -0.660. The lowest BCUT2D eigenvalue weighted by atomic mass is 9.76. The Balaban J connectivity index is 4.38. The first-order chi connectivity index (χ1) is 11.7. The fourth-order valence-electron chi connectivity index (χ4n) is 2.92. The minimum Gasteiger partial charge on any atom is -0.350 e. The quantitative estimate of drug-likeness (QED) is 0.286. The molecule has 0 aliphatic carbocycles. The topological polar surface area (TPSA) is 83.5 Å². The molecular weight excluding hydrogens is 352 g/mol. The summed E-state index contributed by atoms with van der Waals surface area (Å²) in [5, 5.41) is 3.09. The molecule has 0 aromatic rings. The van der Waals surface area contributed by atoms with Crippen LogP contribution in [0.3, 0.4) is 0 Å². The van der Waals surface area contributed by atoms with Crippen molar-refractivity contribution in [1.82, 2.24) is 5.32 Å². The maximum atomic E-state index is 12.6. The monoisotopic (exact) mass is 393 g/mol. The van der Waals surface area contributed by atoms with Gasteiger partial charge in [-0.25, -0.2) is 0 Å². The van der Waals surface area contributed by atoms with Crippen LogP contribution in [0.2, 0.25) is 0 Å². The minimum atomic E-state index is -3.87. The zero-order chi connectivity index (χ0) is 20.6. The summed E-state index contributed by atoms with van der Waals surface area (Å²) >= 11 is 0. The van der Waals surface area contributed by atoms with E-state index >= 15 is 0 Å². The number of likely N-dealkylation sites (N-methyl/N-ethyl adjacent to an activating group) is 1. The zero-order valence-electron chi connectivity index (χ0n) is 17.8. The lowest BCUT2D eigenvalue weighted by molar-refractivity contribution is -0.889. The normalized spacial score (nSPS) is 14.5. The van der Waals surface area contributed by atoms with E-state index < -0.39 is 10.1 Å². The van der Waals surface area contributed by atoms with Crippen LogP contribution in [0, 0.1) is 17.3 Å². The van der Waals surface area contributed by atoms with Crippen molar-refractivity contribution in [3.63, 3.8) is 0 Å². The van der Waals surface area contributed by atoms with E-state index in [4.69, 9.17) is 4.55 Å². The molecule has 26 heavy (non-hydrogen) atoms. The number of carbonyl (C=O) groups is 1. The molecule has 0 spiro atoms. The number of unbranched alkanes of at least 4 members (excludes halogenated alkanes) is 1. The van der Waals surface area contributed by atoms with Gasteiger partial charge in [-0.2, -0.15) is 8.42 Å². The van der Waals surface area contributed by atoms with E-state index in [9.17, 15) is 13.2 Å². The highest BCUT2D eigenvalue weighted by molar-refractivity contribution is 7.85. The van der Waals surface area contributed by atoms with Crippen molar-refractivity contribution in [3.05, 3.63) is 0 Å². The van der Waals surface area contributed by atoms with Gasteiger partial charge >= 0.3 is 0 Å². The highest BCUT2D eigenvalue weighted by Crippen LogP contribution is 2.32. The predicted molar refractivity (Wildman–Crippen MR) is 108 cm³/mol. The highest BCUT2D eigenvalue weighted by Gasteiger charge is 2.29. The molecule has 1 unspecified atom stereocenters. The fraction of sp³-hybridized carbons (Fsp3) is 0.947. The smallest absolute Gasteiger partial charge is 0.264 e. The van der Waals surface area contributed by atoms with Crippen LogP contribution in [0.5, 0.6) is 0 Å². The molecule has 0 radical (unpaired) electrons.